The van der Waals surface area contributed by atoms with Crippen LogP contribution in [0.4, 0.5) is 0 Å². The number of amides is 1. The van der Waals surface area contributed by atoms with Gasteiger partial charge in [0.15, 0.2) is 0 Å². The first-order valence-electron chi connectivity index (χ1n) is 6.33. The lowest BCUT2D eigenvalue weighted by Crippen LogP contribution is -2.43. The van der Waals surface area contributed by atoms with Gasteiger partial charge in [0.05, 0.1) is 6.54 Å². The Balaban J connectivity index is 3.73. The van der Waals surface area contributed by atoms with Crippen LogP contribution in [0.1, 0.15) is 27.7 Å². The highest BCUT2D eigenvalue weighted by Gasteiger charge is 2.12. The van der Waals surface area contributed by atoms with Gasteiger partial charge in [-0.2, -0.15) is 0 Å². The summed E-state index contributed by atoms with van der Waals surface area (Å²) in [6, 6.07) is 1.01. The van der Waals surface area contributed by atoms with Gasteiger partial charge in [-0.25, -0.2) is 0 Å². The third-order valence-corrected chi connectivity index (χ3v) is 2.59. The minimum atomic E-state index is 0.0410. The Bertz CT molecular complexity index is 219. The van der Waals surface area contributed by atoms with Crippen LogP contribution in [0.25, 0.3) is 0 Å². The van der Waals surface area contributed by atoms with Crippen molar-refractivity contribution in [2.75, 3.05) is 26.2 Å². The molecule has 0 saturated heterocycles. The largest absolute Gasteiger partial charge is 0.354 e. The highest BCUT2D eigenvalue weighted by molar-refractivity contribution is 5.77. The summed E-state index contributed by atoms with van der Waals surface area (Å²) in [5.74, 6) is 0.0410. The number of rotatable bonds is 9. The van der Waals surface area contributed by atoms with Crippen LogP contribution < -0.4 is 10.6 Å². The van der Waals surface area contributed by atoms with E-state index < -0.39 is 0 Å². The molecule has 0 fully saturated rings. The van der Waals surface area contributed by atoms with E-state index in [1.54, 1.807) is 6.08 Å². The van der Waals surface area contributed by atoms with Crippen molar-refractivity contribution in [2.24, 2.45) is 0 Å². The van der Waals surface area contributed by atoms with Crippen LogP contribution in [-0.2, 0) is 4.79 Å². The quantitative estimate of drug-likeness (QED) is 0.467. The van der Waals surface area contributed by atoms with Crippen molar-refractivity contribution in [3.8, 4) is 0 Å². The van der Waals surface area contributed by atoms with Gasteiger partial charge in [0, 0.05) is 31.7 Å². The van der Waals surface area contributed by atoms with E-state index in [-0.39, 0.29) is 5.91 Å². The fourth-order valence-electron chi connectivity index (χ4n) is 1.79. The van der Waals surface area contributed by atoms with Gasteiger partial charge in [-0.15, -0.1) is 6.58 Å². The summed E-state index contributed by atoms with van der Waals surface area (Å²) < 4.78 is 0. The van der Waals surface area contributed by atoms with E-state index in [0.29, 0.717) is 31.7 Å². The van der Waals surface area contributed by atoms with Crippen molar-refractivity contribution < 1.29 is 4.79 Å². The first-order valence-corrected chi connectivity index (χ1v) is 6.33. The molecule has 0 saturated carbocycles. The van der Waals surface area contributed by atoms with Crippen LogP contribution in [-0.4, -0.2) is 49.1 Å². The molecule has 0 aliphatic carbocycles. The first-order chi connectivity index (χ1) is 7.99. The summed E-state index contributed by atoms with van der Waals surface area (Å²) in [5.41, 5.74) is 0. The van der Waals surface area contributed by atoms with E-state index >= 15 is 0 Å². The third-order valence-electron chi connectivity index (χ3n) is 2.59. The van der Waals surface area contributed by atoms with Gasteiger partial charge in [-0.3, -0.25) is 9.69 Å². The predicted molar refractivity (Wildman–Crippen MR) is 73.1 cm³/mol. The summed E-state index contributed by atoms with van der Waals surface area (Å²) >= 11 is 0. The van der Waals surface area contributed by atoms with Crippen LogP contribution in [0.5, 0.6) is 0 Å². The second-order valence-electron chi connectivity index (χ2n) is 4.69. The van der Waals surface area contributed by atoms with Crippen LogP contribution in [0, 0.1) is 0 Å². The molecule has 0 aromatic carbocycles. The summed E-state index contributed by atoms with van der Waals surface area (Å²) in [7, 11) is 0. The molecule has 0 bridgehead atoms. The lowest BCUT2D eigenvalue weighted by atomic mass is 10.2. The normalized spacial score (nSPS) is 11.2. The minimum Gasteiger partial charge on any atom is -0.354 e. The van der Waals surface area contributed by atoms with E-state index in [1.165, 1.54) is 0 Å². The lowest BCUT2D eigenvalue weighted by Gasteiger charge is -2.30. The van der Waals surface area contributed by atoms with Gasteiger partial charge in [0.2, 0.25) is 5.91 Å². The predicted octanol–water partition coefficient (Wildman–Crippen LogP) is 0.997. The molecule has 0 rings (SSSR count). The number of carbonyl (C=O) groups excluding carboxylic acids is 1. The molecule has 0 radical (unpaired) electrons. The molecule has 0 atom stereocenters. The van der Waals surface area contributed by atoms with Crippen molar-refractivity contribution in [2.45, 2.75) is 39.8 Å². The average Bonchev–Trinajstić information content (AvgIpc) is 2.23. The lowest BCUT2D eigenvalue weighted by molar-refractivity contribution is -0.120. The Morgan fingerprint density at radius 1 is 1.29 bits per heavy atom. The number of nitrogens with zero attached hydrogens (tertiary/aromatic N) is 1. The number of carbonyl (C=O) groups is 1. The average molecular weight is 241 g/mol. The Morgan fingerprint density at radius 2 is 1.88 bits per heavy atom. The van der Waals surface area contributed by atoms with Crippen molar-refractivity contribution >= 4 is 5.91 Å². The van der Waals surface area contributed by atoms with E-state index in [2.05, 4.69) is 49.8 Å². The monoisotopic (exact) mass is 241 g/mol. The Morgan fingerprint density at radius 3 is 2.35 bits per heavy atom. The molecule has 1 amide bonds. The SMILES string of the molecule is C=CCNCC(=O)NCCN(C(C)C)C(C)C. The Labute approximate surface area is 105 Å². The van der Waals surface area contributed by atoms with E-state index in [0.717, 1.165) is 6.54 Å². The van der Waals surface area contributed by atoms with Crippen molar-refractivity contribution in [3.05, 3.63) is 12.7 Å². The molecule has 0 aliphatic rings. The van der Waals surface area contributed by atoms with Gasteiger partial charge in [-0.1, -0.05) is 6.08 Å². The van der Waals surface area contributed by atoms with Crippen LogP contribution in [0.15, 0.2) is 12.7 Å². The van der Waals surface area contributed by atoms with E-state index in [1.807, 2.05) is 0 Å². The second kappa shape index (κ2) is 9.19. The molecule has 17 heavy (non-hydrogen) atoms. The van der Waals surface area contributed by atoms with Gasteiger partial charge >= 0.3 is 0 Å². The van der Waals surface area contributed by atoms with Crippen molar-refractivity contribution in [1.82, 2.24) is 15.5 Å². The van der Waals surface area contributed by atoms with Gasteiger partial charge < -0.3 is 10.6 Å². The fraction of sp³-hybridized carbons (Fsp3) is 0.769. The highest BCUT2D eigenvalue weighted by Crippen LogP contribution is 2.02. The molecule has 4 heteroatoms. The summed E-state index contributed by atoms with van der Waals surface area (Å²) in [6.45, 7) is 14.9. The summed E-state index contributed by atoms with van der Waals surface area (Å²) in [6.07, 6.45) is 1.74. The maximum atomic E-state index is 11.4. The molecule has 0 spiro atoms. The summed E-state index contributed by atoms with van der Waals surface area (Å²) in [5, 5.41) is 5.88. The van der Waals surface area contributed by atoms with Crippen LogP contribution in [0.2, 0.25) is 0 Å². The molecule has 0 heterocycles. The molecule has 0 aromatic rings. The number of hydrogen-bond acceptors (Lipinski definition) is 3. The van der Waals surface area contributed by atoms with Crippen LogP contribution >= 0.6 is 0 Å². The molecular weight excluding hydrogens is 214 g/mol. The van der Waals surface area contributed by atoms with E-state index in [4.69, 9.17) is 0 Å². The molecular formula is C13H27N3O. The second-order valence-corrected chi connectivity index (χ2v) is 4.69. The first kappa shape index (κ1) is 16.1. The zero-order valence-corrected chi connectivity index (χ0v) is 11.6. The third kappa shape index (κ3) is 7.94. The number of nitrogens with one attached hydrogen (secondary N) is 2. The van der Waals surface area contributed by atoms with Crippen molar-refractivity contribution in [1.29, 1.82) is 0 Å². The standard InChI is InChI=1S/C13H27N3O/c1-6-7-14-10-13(17)15-8-9-16(11(2)3)12(4)5/h6,11-12,14H,1,7-10H2,2-5H3,(H,15,17). The molecule has 2 N–H and O–H groups in total. The smallest absolute Gasteiger partial charge is 0.234 e. The zero-order valence-electron chi connectivity index (χ0n) is 11.6. The molecule has 0 unspecified atom stereocenters. The Kier molecular flexibility index (Phi) is 8.72. The van der Waals surface area contributed by atoms with E-state index in [9.17, 15) is 4.79 Å². The topological polar surface area (TPSA) is 44.4 Å². The molecule has 100 valence electrons. The minimum absolute atomic E-state index is 0.0410. The van der Waals surface area contributed by atoms with Gasteiger partial charge in [0.25, 0.3) is 0 Å². The van der Waals surface area contributed by atoms with Gasteiger partial charge in [-0.05, 0) is 27.7 Å². The maximum absolute atomic E-state index is 11.4. The zero-order chi connectivity index (χ0) is 13.3. The van der Waals surface area contributed by atoms with Crippen molar-refractivity contribution in [3.63, 3.8) is 0 Å². The number of hydrogen-bond donors (Lipinski definition) is 2. The highest BCUT2D eigenvalue weighted by atomic mass is 16.1. The molecule has 0 aliphatic heterocycles. The molecule has 0 aromatic heterocycles. The van der Waals surface area contributed by atoms with Crippen LogP contribution in [0.3, 0.4) is 0 Å². The summed E-state index contributed by atoms with van der Waals surface area (Å²) in [4.78, 5) is 13.8. The van der Waals surface area contributed by atoms with Gasteiger partial charge in [0.1, 0.15) is 0 Å². The maximum Gasteiger partial charge on any atom is 0.234 e. The Hall–Kier alpha value is -0.870. The fourth-order valence-corrected chi connectivity index (χ4v) is 1.79. The molecule has 4 nitrogen and oxygen atoms in total.